The molecule has 0 spiro atoms. The maximum atomic E-state index is 11.6. The number of hydrogen-bond acceptors (Lipinski definition) is 3. The highest BCUT2D eigenvalue weighted by Gasteiger charge is 2.25. The molecule has 0 fully saturated rings. The van der Waals surface area contributed by atoms with Crippen molar-refractivity contribution in [2.45, 2.75) is 26.7 Å². The molecule has 3 nitrogen and oxygen atoms in total. The largest absolute Gasteiger partial charge is 0.468 e. The first-order valence-electron chi connectivity index (χ1n) is 7.16. The first kappa shape index (κ1) is 15.5. The monoisotopic (exact) mass is 286 g/mol. The molecule has 1 aliphatic carbocycles. The molecule has 1 unspecified atom stereocenters. The Morgan fingerprint density at radius 3 is 2.62 bits per heavy atom. The van der Waals surface area contributed by atoms with Gasteiger partial charge in [-0.05, 0) is 36.6 Å². The summed E-state index contributed by atoms with van der Waals surface area (Å²) in [6, 6.07) is 7.86. The van der Waals surface area contributed by atoms with E-state index in [0.29, 0.717) is 6.42 Å². The lowest BCUT2D eigenvalue weighted by molar-refractivity contribution is -0.116. The van der Waals surface area contributed by atoms with Gasteiger partial charge in [-0.1, -0.05) is 37.3 Å². The minimum absolute atomic E-state index is 0.0385. The Morgan fingerprint density at radius 1 is 1.29 bits per heavy atom. The predicted octanol–water partition coefficient (Wildman–Crippen LogP) is 4.00. The lowest BCUT2D eigenvalue weighted by Crippen LogP contribution is -2.19. The zero-order valence-electron chi connectivity index (χ0n) is 12.9. The SMILES string of the molecule is COCOc1ccc(/C=C/C2(C)C=C(C)C(=O)CC2)cc1. The van der Waals surface area contributed by atoms with Crippen LogP contribution in [0.5, 0.6) is 5.75 Å². The molecule has 0 saturated carbocycles. The quantitative estimate of drug-likeness (QED) is 0.768. The second-order valence-electron chi connectivity index (χ2n) is 5.71. The average Bonchev–Trinajstić information content (AvgIpc) is 2.48. The van der Waals surface area contributed by atoms with Crippen molar-refractivity contribution in [3.05, 3.63) is 47.6 Å². The first-order chi connectivity index (χ1) is 10.0. The van der Waals surface area contributed by atoms with E-state index in [1.807, 2.05) is 31.2 Å². The van der Waals surface area contributed by atoms with Crippen LogP contribution in [0.1, 0.15) is 32.3 Å². The van der Waals surface area contributed by atoms with Crippen molar-refractivity contribution in [2.75, 3.05) is 13.9 Å². The molecule has 0 aromatic heterocycles. The number of ketones is 1. The summed E-state index contributed by atoms with van der Waals surface area (Å²) in [7, 11) is 1.60. The average molecular weight is 286 g/mol. The summed E-state index contributed by atoms with van der Waals surface area (Å²) >= 11 is 0. The zero-order chi connectivity index (χ0) is 15.3. The highest BCUT2D eigenvalue weighted by molar-refractivity contribution is 5.95. The molecule has 2 rings (SSSR count). The predicted molar refractivity (Wildman–Crippen MR) is 84.1 cm³/mol. The third-order valence-corrected chi connectivity index (χ3v) is 3.76. The summed E-state index contributed by atoms with van der Waals surface area (Å²) in [4.78, 5) is 11.6. The van der Waals surface area contributed by atoms with E-state index < -0.39 is 0 Å². The number of carbonyl (C=O) groups excluding carboxylic acids is 1. The van der Waals surface area contributed by atoms with Crippen molar-refractivity contribution in [1.29, 1.82) is 0 Å². The highest BCUT2D eigenvalue weighted by atomic mass is 16.7. The van der Waals surface area contributed by atoms with Gasteiger partial charge in [0, 0.05) is 18.9 Å². The minimum Gasteiger partial charge on any atom is -0.468 e. The molecule has 0 N–H and O–H groups in total. The molecule has 0 saturated heterocycles. The van der Waals surface area contributed by atoms with E-state index in [1.165, 1.54) is 0 Å². The van der Waals surface area contributed by atoms with E-state index in [-0.39, 0.29) is 18.0 Å². The van der Waals surface area contributed by atoms with Gasteiger partial charge < -0.3 is 9.47 Å². The summed E-state index contributed by atoms with van der Waals surface area (Å²) in [6.45, 7) is 4.32. The maximum Gasteiger partial charge on any atom is 0.188 e. The lowest BCUT2D eigenvalue weighted by atomic mass is 9.77. The topological polar surface area (TPSA) is 35.5 Å². The molecule has 0 aliphatic heterocycles. The molecule has 0 bridgehead atoms. The van der Waals surface area contributed by atoms with E-state index in [9.17, 15) is 4.79 Å². The third-order valence-electron chi connectivity index (χ3n) is 3.76. The molecule has 1 aliphatic rings. The van der Waals surface area contributed by atoms with E-state index in [4.69, 9.17) is 9.47 Å². The van der Waals surface area contributed by atoms with Crippen LogP contribution in [-0.4, -0.2) is 19.7 Å². The Hall–Kier alpha value is -1.87. The van der Waals surface area contributed by atoms with E-state index in [0.717, 1.165) is 23.3 Å². The fourth-order valence-electron chi connectivity index (χ4n) is 2.45. The smallest absolute Gasteiger partial charge is 0.188 e. The van der Waals surface area contributed by atoms with Gasteiger partial charge >= 0.3 is 0 Å². The normalized spacial score (nSPS) is 22.4. The molecule has 21 heavy (non-hydrogen) atoms. The molecule has 1 aromatic rings. The minimum atomic E-state index is -0.0385. The summed E-state index contributed by atoms with van der Waals surface area (Å²) in [5.74, 6) is 1.06. The summed E-state index contributed by atoms with van der Waals surface area (Å²) in [6.07, 6.45) is 7.85. The molecule has 1 aromatic carbocycles. The standard InChI is InChI=1S/C18H22O3/c1-14-12-18(2,11-9-17(14)19)10-8-15-4-6-16(7-5-15)21-13-20-3/h4-8,10,12H,9,11,13H2,1-3H3/b10-8+. The number of ether oxygens (including phenoxy) is 2. The van der Waals surface area contributed by atoms with E-state index in [1.54, 1.807) is 7.11 Å². The van der Waals surface area contributed by atoms with Gasteiger partial charge in [0.1, 0.15) is 5.75 Å². The van der Waals surface area contributed by atoms with Crippen molar-refractivity contribution in [3.63, 3.8) is 0 Å². The third kappa shape index (κ3) is 4.30. The number of rotatable bonds is 5. The Morgan fingerprint density at radius 2 is 2.00 bits per heavy atom. The number of hydrogen-bond donors (Lipinski definition) is 0. The summed E-state index contributed by atoms with van der Waals surface area (Å²) < 4.78 is 10.2. The van der Waals surface area contributed by atoms with Gasteiger partial charge in [-0.3, -0.25) is 4.79 Å². The van der Waals surface area contributed by atoms with Crippen molar-refractivity contribution >= 4 is 11.9 Å². The van der Waals surface area contributed by atoms with Gasteiger partial charge in [0.05, 0.1) is 0 Å². The van der Waals surface area contributed by atoms with Crippen LogP contribution in [0.2, 0.25) is 0 Å². The Labute approximate surface area is 126 Å². The Bertz CT molecular complexity index is 554. The molecule has 0 radical (unpaired) electrons. The maximum absolute atomic E-state index is 11.6. The lowest BCUT2D eigenvalue weighted by Gasteiger charge is -2.26. The number of allylic oxidation sites excluding steroid dienone is 3. The van der Waals surface area contributed by atoms with Gasteiger partial charge in [-0.2, -0.15) is 0 Å². The second-order valence-corrected chi connectivity index (χ2v) is 5.71. The van der Waals surface area contributed by atoms with Crippen molar-refractivity contribution < 1.29 is 14.3 Å². The van der Waals surface area contributed by atoms with Crippen LogP contribution in [0.15, 0.2) is 42.0 Å². The molecular formula is C18H22O3. The van der Waals surface area contributed by atoms with Gasteiger partial charge in [0.25, 0.3) is 0 Å². The van der Waals surface area contributed by atoms with Crippen LogP contribution in [-0.2, 0) is 9.53 Å². The van der Waals surface area contributed by atoms with Crippen molar-refractivity contribution in [3.8, 4) is 5.75 Å². The Balaban J connectivity index is 2.05. The molecule has 112 valence electrons. The molecular weight excluding hydrogens is 264 g/mol. The van der Waals surface area contributed by atoms with Crippen LogP contribution >= 0.6 is 0 Å². The van der Waals surface area contributed by atoms with Crippen LogP contribution in [0.4, 0.5) is 0 Å². The van der Waals surface area contributed by atoms with Crippen LogP contribution < -0.4 is 4.74 Å². The van der Waals surface area contributed by atoms with E-state index >= 15 is 0 Å². The summed E-state index contributed by atoms with van der Waals surface area (Å²) in [5, 5.41) is 0. The Kier molecular flexibility index (Phi) is 4.97. The van der Waals surface area contributed by atoms with Crippen LogP contribution in [0.25, 0.3) is 6.08 Å². The fraction of sp³-hybridized carbons (Fsp3) is 0.389. The van der Waals surface area contributed by atoms with Gasteiger partial charge in [-0.15, -0.1) is 0 Å². The van der Waals surface area contributed by atoms with Gasteiger partial charge in [0.15, 0.2) is 12.6 Å². The second kappa shape index (κ2) is 6.72. The molecule has 0 heterocycles. The number of benzene rings is 1. The molecule has 3 heteroatoms. The van der Waals surface area contributed by atoms with Gasteiger partial charge in [0.2, 0.25) is 0 Å². The van der Waals surface area contributed by atoms with Gasteiger partial charge in [-0.25, -0.2) is 0 Å². The van der Waals surface area contributed by atoms with Crippen molar-refractivity contribution in [2.24, 2.45) is 5.41 Å². The zero-order valence-corrected chi connectivity index (χ0v) is 12.9. The summed E-state index contributed by atoms with van der Waals surface area (Å²) in [5.41, 5.74) is 1.95. The number of carbonyl (C=O) groups is 1. The fourth-order valence-corrected chi connectivity index (χ4v) is 2.45. The van der Waals surface area contributed by atoms with Crippen LogP contribution in [0.3, 0.4) is 0 Å². The molecule has 0 amide bonds. The van der Waals surface area contributed by atoms with E-state index in [2.05, 4.69) is 25.2 Å². The number of methoxy groups -OCH3 is 1. The number of Topliss-reactive ketones (excluding diaryl/α,β-unsaturated/α-hetero) is 1. The van der Waals surface area contributed by atoms with Crippen LogP contribution in [0, 0.1) is 5.41 Å². The van der Waals surface area contributed by atoms with Crippen molar-refractivity contribution in [1.82, 2.24) is 0 Å². The first-order valence-corrected chi connectivity index (χ1v) is 7.16. The highest BCUT2D eigenvalue weighted by Crippen LogP contribution is 2.34. The molecule has 1 atom stereocenters.